The molecule has 6 N–H and O–H groups in total. The van der Waals surface area contributed by atoms with Crippen LogP contribution in [0.4, 0.5) is 0 Å². The van der Waals surface area contributed by atoms with Crippen LogP contribution in [0.1, 0.15) is 6.92 Å². The van der Waals surface area contributed by atoms with Gasteiger partial charge in [-0.3, -0.25) is 9.80 Å². The Balaban J connectivity index is -0.000000595. The van der Waals surface area contributed by atoms with E-state index in [4.69, 9.17) is 10.2 Å². The van der Waals surface area contributed by atoms with E-state index in [-0.39, 0.29) is 45.1 Å². The maximum atomic E-state index is 7.61. The van der Waals surface area contributed by atoms with E-state index in [0.29, 0.717) is 0 Å². The predicted molar refractivity (Wildman–Crippen MR) is 139 cm³/mol. The van der Waals surface area contributed by atoms with Crippen LogP contribution in [-0.4, -0.2) is 175 Å². The van der Waals surface area contributed by atoms with Crippen molar-refractivity contribution < 1.29 is 73.2 Å². The molecule has 2 fully saturated rings. The molecule has 2 aliphatic heterocycles. The fourth-order valence-corrected chi connectivity index (χ4v) is 3.90. The van der Waals surface area contributed by atoms with Crippen molar-refractivity contribution in [1.82, 2.24) is 9.80 Å². The number of aliphatic hydroxyl groups excluding tert-OH is 1. The van der Waals surface area contributed by atoms with E-state index in [1.54, 1.807) is 0 Å². The zero-order valence-corrected chi connectivity index (χ0v) is 26.0. The Morgan fingerprint density at radius 1 is 0.556 bits per heavy atom. The first-order valence-electron chi connectivity index (χ1n) is 12.1. The van der Waals surface area contributed by atoms with Gasteiger partial charge in [-0.2, -0.15) is 0 Å². The van der Waals surface area contributed by atoms with E-state index < -0.39 is 6.29 Å². The SMILES string of the molecule is CC(O)O.O.O.[CH2-][N+]1(C)CCN(CCN2CC[N+]([CH2-])(C)CC[N+]([CH2-])(C)CC2)CC[N+]([CH2-])(C)CC1.[Mn].[Mn]. The fraction of sp³-hybridized carbons (Fsp3) is 0.833. The van der Waals surface area contributed by atoms with Crippen LogP contribution in [0.5, 0.6) is 0 Å². The predicted octanol–water partition coefficient (Wildman–Crippen LogP) is -1.77. The summed E-state index contributed by atoms with van der Waals surface area (Å²) < 4.78 is 3.38. The molecule has 0 aromatic carbocycles. The molecule has 0 saturated carbocycles. The zero-order chi connectivity index (χ0) is 24.6. The van der Waals surface area contributed by atoms with Crippen LogP contribution in [0.2, 0.25) is 0 Å². The van der Waals surface area contributed by atoms with Crippen LogP contribution >= 0.6 is 0 Å². The summed E-state index contributed by atoms with van der Waals surface area (Å²) in [4.78, 5) is 5.27. The van der Waals surface area contributed by atoms with Crippen LogP contribution in [0.3, 0.4) is 0 Å². The van der Waals surface area contributed by atoms with Gasteiger partial charge >= 0.3 is 0 Å². The van der Waals surface area contributed by atoms with E-state index >= 15 is 0 Å². The third-order valence-electron chi connectivity index (χ3n) is 6.92. The minimum absolute atomic E-state index is 0. The topological polar surface area (TPSA) is 110 Å². The van der Waals surface area contributed by atoms with Gasteiger partial charge in [0.25, 0.3) is 0 Å². The molecule has 0 aromatic rings. The number of nitrogens with zero attached hydrogens (tertiary/aromatic N) is 6. The first-order chi connectivity index (χ1) is 14.5. The van der Waals surface area contributed by atoms with Gasteiger partial charge in [0.05, 0.1) is 26.2 Å². The summed E-state index contributed by atoms with van der Waals surface area (Å²) >= 11 is 0. The van der Waals surface area contributed by atoms with Crippen molar-refractivity contribution in [2.75, 3.05) is 120 Å². The van der Waals surface area contributed by atoms with Crippen LogP contribution in [-0.2, 0) is 34.1 Å². The molecule has 0 spiro atoms. The molecule has 222 valence electrons. The van der Waals surface area contributed by atoms with Crippen LogP contribution in [0.25, 0.3) is 0 Å². The number of quaternary nitrogens is 4. The maximum absolute atomic E-state index is 7.61. The van der Waals surface area contributed by atoms with E-state index in [1.807, 2.05) is 0 Å². The largest absolute Gasteiger partial charge is 0.454 e. The fourth-order valence-electron chi connectivity index (χ4n) is 3.90. The monoisotopic (exact) mass is 604 g/mol. The summed E-state index contributed by atoms with van der Waals surface area (Å²) in [5, 5.41) is 15.2. The summed E-state index contributed by atoms with van der Waals surface area (Å²) in [6.45, 7) is 16.9. The Kier molecular flexibility index (Phi) is 22.9. The van der Waals surface area contributed by atoms with Crippen molar-refractivity contribution in [1.29, 1.82) is 0 Å². The maximum Gasteiger partial charge on any atom is 0.148 e. The van der Waals surface area contributed by atoms with Crippen molar-refractivity contribution in [2.45, 2.75) is 13.2 Å². The van der Waals surface area contributed by atoms with E-state index in [9.17, 15) is 0 Å². The third-order valence-corrected chi connectivity index (χ3v) is 6.92. The van der Waals surface area contributed by atoms with Gasteiger partial charge in [-0.15, -0.1) is 28.2 Å². The van der Waals surface area contributed by atoms with Crippen molar-refractivity contribution >= 4 is 0 Å². The minimum Gasteiger partial charge on any atom is -0.454 e. The van der Waals surface area contributed by atoms with Crippen LogP contribution < -0.4 is 0 Å². The van der Waals surface area contributed by atoms with Crippen molar-refractivity contribution in [3.8, 4) is 0 Å². The van der Waals surface area contributed by atoms with Crippen molar-refractivity contribution in [3.63, 3.8) is 0 Å². The molecule has 2 heterocycles. The second-order valence-electron chi connectivity index (χ2n) is 11.6. The second-order valence-corrected chi connectivity index (χ2v) is 11.6. The molecule has 4 unspecified atom stereocenters. The Morgan fingerprint density at radius 2 is 0.722 bits per heavy atom. The molecule has 2 saturated heterocycles. The molecule has 2 aliphatic rings. The molecular weight excluding hydrogens is 546 g/mol. The normalized spacial score (nSPS) is 34.7. The summed E-state index contributed by atoms with van der Waals surface area (Å²) in [5.74, 6) is 0. The Morgan fingerprint density at radius 3 is 0.889 bits per heavy atom. The van der Waals surface area contributed by atoms with Crippen molar-refractivity contribution in [2.24, 2.45) is 0 Å². The standard InChI is InChI=1S/C22H48N6.C2H6O2.2Mn.2H2O/c1-25(2)15-11-23(12-16-26(3,4)20-19-25)9-10-24-13-17-27(5,6)21-22-28(7,8)18-14-24;1-2(3)4;;;;/h1,3,5,7,9-22H2,2,4,6,8H3;2-4H,1H3;;;2*1H2. The Labute approximate surface area is 243 Å². The first kappa shape index (κ1) is 43.7. The smallest absolute Gasteiger partial charge is 0.148 e. The van der Waals surface area contributed by atoms with E-state index in [2.05, 4.69) is 66.2 Å². The van der Waals surface area contributed by atoms with Gasteiger partial charge in [-0.25, -0.2) is 0 Å². The molecule has 0 aromatic heterocycles. The molecule has 0 bridgehead atoms. The Bertz CT molecular complexity index is 468. The van der Waals surface area contributed by atoms with E-state index in [0.717, 1.165) is 110 Å². The molecule has 2 radical (unpaired) electrons. The molecular formula is C24H58Mn2N6O4. The number of hydrogen-bond donors (Lipinski definition) is 2. The second kappa shape index (κ2) is 18.8. The van der Waals surface area contributed by atoms with Gasteiger partial charge < -0.3 is 39.1 Å². The average Bonchev–Trinajstić information content (AvgIpc) is 2.73. The molecule has 4 atom stereocenters. The van der Waals surface area contributed by atoms with Gasteiger partial charge in [0, 0.05) is 102 Å². The molecule has 2 rings (SSSR count). The van der Waals surface area contributed by atoms with Gasteiger partial charge in [0.15, 0.2) is 0 Å². The van der Waals surface area contributed by atoms with Crippen LogP contribution in [0.15, 0.2) is 0 Å². The van der Waals surface area contributed by atoms with Gasteiger partial charge in [0.2, 0.25) is 0 Å². The van der Waals surface area contributed by atoms with Gasteiger partial charge in [-0.1, -0.05) is 0 Å². The summed E-state index contributed by atoms with van der Waals surface area (Å²) in [6.07, 6.45) is -1.17. The molecule has 0 amide bonds. The van der Waals surface area contributed by atoms with E-state index in [1.165, 1.54) is 6.92 Å². The molecule has 36 heavy (non-hydrogen) atoms. The first-order valence-corrected chi connectivity index (χ1v) is 12.1. The summed E-state index contributed by atoms with van der Waals surface area (Å²) in [6, 6.07) is 0. The summed E-state index contributed by atoms with van der Waals surface area (Å²) in [5.41, 5.74) is 0. The number of rotatable bonds is 3. The Hall–Kier alpha value is 0.639. The number of aliphatic hydroxyl groups is 2. The minimum atomic E-state index is -1.17. The zero-order valence-electron chi connectivity index (χ0n) is 23.6. The van der Waals surface area contributed by atoms with Crippen molar-refractivity contribution in [3.05, 3.63) is 28.2 Å². The average molecular weight is 605 g/mol. The third kappa shape index (κ3) is 20.6. The van der Waals surface area contributed by atoms with Gasteiger partial charge in [0.1, 0.15) is 32.5 Å². The molecule has 0 aliphatic carbocycles. The molecule has 12 heteroatoms. The number of hydrogen-bond acceptors (Lipinski definition) is 4. The van der Waals surface area contributed by atoms with Crippen LogP contribution in [0, 0.1) is 28.2 Å². The molecule has 10 nitrogen and oxygen atoms in total. The summed E-state index contributed by atoms with van der Waals surface area (Å²) in [7, 11) is 26.8. The number of likely N-dealkylation sites (N-methyl/N-ethyl adjacent to an activating group) is 4. The quantitative estimate of drug-likeness (QED) is 0.172. The van der Waals surface area contributed by atoms with Gasteiger partial charge in [-0.05, 0) is 6.92 Å².